The highest BCUT2D eigenvalue weighted by Crippen LogP contribution is 2.43. The largest absolute Gasteiger partial charge is 0.310 e. The summed E-state index contributed by atoms with van der Waals surface area (Å²) in [5, 5.41) is 0. The Morgan fingerprint density at radius 2 is 0.485 bits per heavy atom. The number of hydrogen-bond acceptors (Lipinski definition) is 2. The summed E-state index contributed by atoms with van der Waals surface area (Å²) < 4.78 is 0. The molecule has 8 aromatic carbocycles. The van der Waals surface area contributed by atoms with E-state index in [-0.39, 0.29) is 21.7 Å². The van der Waals surface area contributed by atoms with Crippen LogP contribution in [0.25, 0.3) is 34.4 Å². The molecule has 0 radical (unpaired) electrons. The van der Waals surface area contributed by atoms with Crippen molar-refractivity contribution < 1.29 is 0 Å². The van der Waals surface area contributed by atoms with Crippen LogP contribution in [0.4, 0.5) is 34.1 Å². The van der Waals surface area contributed by atoms with E-state index < -0.39 is 0 Å². The monoisotopic (exact) mass is 891 g/mol. The standard InChI is InChI=1S/C66H70N2/c1-63(2,3)53-41-54(64(4,5)6)44-61(43-53)67(59-37-29-51(30-38-59)49-19-15-13-16-20-49)57-33-25-47(26-34-57)23-24-48-27-35-58(36-28-48)68(60-39-31-52(32-40-60)50-21-17-14-18-22-50)62-45-55(65(7,8)9)42-56(46-62)66(10,11)12/h13-46H,1-12H3/b24-23+. The van der Waals surface area contributed by atoms with E-state index >= 15 is 0 Å². The second kappa shape index (κ2) is 19.0. The first-order chi connectivity index (χ1) is 32.2. The van der Waals surface area contributed by atoms with Gasteiger partial charge in [-0.2, -0.15) is 0 Å². The molecule has 0 heterocycles. The van der Waals surface area contributed by atoms with Gasteiger partial charge < -0.3 is 9.80 Å². The van der Waals surface area contributed by atoms with Crippen LogP contribution in [0.2, 0.25) is 0 Å². The molecule has 0 N–H and O–H groups in total. The molecule has 0 fully saturated rings. The van der Waals surface area contributed by atoms with Gasteiger partial charge in [-0.1, -0.05) is 217 Å². The lowest BCUT2D eigenvalue weighted by Crippen LogP contribution is -2.19. The van der Waals surface area contributed by atoms with Gasteiger partial charge in [0.05, 0.1) is 0 Å². The Morgan fingerprint density at radius 3 is 0.735 bits per heavy atom. The van der Waals surface area contributed by atoms with Crippen LogP contribution in [-0.4, -0.2) is 0 Å². The smallest absolute Gasteiger partial charge is 0.0467 e. The summed E-state index contributed by atoms with van der Waals surface area (Å²) >= 11 is 0. The van der Waals surface area contributed by atoms with E-state index in [1.165, 1.54) is 55.9 Å². The molecule has 0 aliphatic carbocycles. The quantitative estimate of drug-likeness (QED) is 0.126. The Hall–Kier alpha value is -6.90. The Balaban J connectivity index is 1.12. The van der Waals surface area contributed by atoms with E-state index in [2.05, 4.69) is 299 Å². The summed E-state index contributed by atoms with van der Waals surface area (Å²) in [6.07, 6.45) is 4.44. The zero-order valence-electron chi connectivity index (χ0n) is 42.5. The minimum atomic E-state index is -0.00868. The van der Waals surface area contributed by atoms with Crippen molar-refractivity contribution in [1.29, 1.82) is 0 Å². The number of nitrogens with zero attached hydrogens (tertiary/aromatic N) is 2. The third-order valence-electron chi connectivity index (χ3n) is 13.1. The maximum absolute atomic E-state index is 2.41. The van der Waals surface area contributed by atoms with Crippen molar-refractivity contribution in [3.8, 4) is 22.3 Å². The van der Waals surface area contributed by atoms with E-state index in [1.54, 1.807) is 0 Å². The van der Waals surface area contributed by atoms with Crippen molar-refractivity contribution >= 4 is 46.3 Å². The van der Waals surface area contributed by atoms with E-state index in [0.29, 0.717) is 0 Å². The third-order valence-corrected chi connectivity index (χ3v) is 13.1. The molecule has 8 aromatic rings. The summed E-state index contributed by atoms with van der Waals surface area (Å²) in [7, 11) is 0. The topological polar surface area (TPSA) is 6.48 Å². The molecule has 0 amide bonds. The average Bonchev–Trinajstić information content (AvgIpc) is 3.31. The summed E-state index contributed by atoms with van der Waals surface area (Å²) in [6, 6.07) is 71.5. The van der Waals surface area contributed by atoms with Crippen LogP contribution in [0.5, 0.6) is 0 Å². The molecule has 8 rings (SSSR count). The highest BCUT2D eigenvalue weighted by molar-refractivity contribution is 5.82. The van der Waals surface area contributed by atoms with Gasteiger partial charge in [0.2, 0.25) is 0 Å². The summed E-state index contributed by atoms with van der Waals surface area (Å²) in [6.45, 7) is 27.7. The molecule has 0 saturated carbocycles. The predicted molar refractivity (Wildman–Crippen MR) is 297 cm³/mol. The lowest BCUT2D eigenvalue weighted by atomic mass is 9.80. The number of anilines is 6. The van der Waals surface area contributed by atoms with Gasteiger partial charge in [0.1, 0.15) is 0 Å². The first kappa shape index (κ1) is 47.6. The van der Waals surface area contributed by atoms with E-state index in [0.717, 1.165) is 33.9 Å². The first-order valence-electron chi connectivity index (χ1n) is 24.3. The van der Waals surface area contributed by atoms with Gasteiger partial charge in [-0.05, 0) is 150 Å². The number of rotatable bonds is 10. The molecule has 0 atom stereocenters. The highest BCUT2D eigenvalue weighted by atomic mass is 15.1. The van der Waals surface area contributed by atoms with Gasteiger partial charge >= 0.3 is 0 Å². The van der Waals surface area contributed by atoms with Crippen LogP contribution in [0, 0.1) is 0 Å². The molecular formula is C66H70N2. The molecule has 2 nitrogen and oxygen atoms in total. The molecule has 0 aliphatic heterocycles. The van der Waals surface area contributed by atoms with Crippen molar-refractivity contribution in [2.75, 3.05) is 9.80 Å². The van der Waals surface area contributed by atoms with Gasteiger partial charge in [-0.3, -0.25) is 0 Å². The highest BCUT2D eigenvalue weighted by Gasteiger charge is 2.25. The fraction of sp³-hybridized carbons (Fsp3) is 0.242. The Labute approximate surface area is 408 Å². The Kier molecular flexibility index (Phi) is 13.3. The molecule has 0 saturated heterocycles. The summed E-state index contributed by atoms with van der Waals surface area (Å²) in [5.41, 5.74) is 19.2. The van der Waals surface area contributed by atoms with Crippen molar-refractivity contribution in [2.24, 2.45) is 0 Å². The predicted octanol–water partition coefficient (Wildman–Crippen LogP) is 19.3. The molecular weight excluding hydrogens is 821 g/mol. The molecule has 68 heavy (non-hydrogen) atoms. The summed E-state index contributed by atoms with van der Waals surface area (Å²) in [5.74, 6) is 0. The second-order valence-electron chi connectivity index (χ2n) is 22.6. The van der Waals surface area contributed by atoms with Gasteiger partial charge in [0.15, 0.2) is 0 Å². The van der Waals surface area contributed by atoms with Gasteiger partial charge in [0.25, 0.3) is 0 Å². The Bertz CT molecular complexity index is 2690. The van der Waals surface area contributed by atoms with Crippen molar-refractivity contribution in [3.05, 3.63) is 228 Å². The first-order valence-corrected chi connectivity index (χ1v) is 24.3. The Morgan fingerprint density at radius 1 is 0.250 bits per heavy atom. The van der Waals surface area contributed by atoms with Crippen LogP contribution in [0.1, 0.15) is 116 Å². The van der Waals surface area contributed by atoms with E-state index in [1.807, 2.05) is 0 Å². The molecule has 2 heteroatoms. The average molecular weight is 891 g/mol. The maximum Gasteiger partial charge on any atom is 0.0467 e. The zero-order chi connectivity index (χ0) is 48.4. The zero-order valence-corrected chi connectivity index (χ0v) is 42.5. The SMILES string of the molecule is CC(C)(C)c1cc(N(c2ccc(/C=C/c3ccc(N(c4ccc(-c5ccccc5)cc4)c4cc(C(C)(C)C)cc(C(C)(C)C)c4)cc3)cc2)c2ccc(-c3ccccc3)cc2)cc(C(C)(C)C)c1. The van der Waals surface area contributed by atoms with Crippen molar-refractivity contribution in [1.82, 2.24) is 0 Å². The minimum Gasteiger partial charge on any atom is -0.310 e. The van der Waals surface area contributed by atoms with Crippen molar-refractivity contribution in [3.63, 3.8) is 0 Å². The molecule has 0 unspecified atom stereocenters. The normalized spacial score (nSPS) is 12.4. The molecule has 0 aliphatic rings. The summed E-state index contributed by atoms with van der Waals surface area (Å²) in [4.78, 5) is 4.82. The lowest BCUT2D eigenvalue weighted by molar-refractivity contribution is 0.568. The van der Waals surface area contributed by atoms with E-state index in [4.69, 9.17) is 0 Å². The van der Waals surface area contributed by atoms with Gasteiger partial charge in [-0.25, -0.2) is 0 Å². The van der Waals surface area contributed by atoms with Crippen LogP contribution in [-0.2, 0) is 21.7 Å². The van der Waals surface area contributed by atoms with E-state index in [9.17, 15) is 0 Å². The fourth-order valence-corrected chi connectivity index (χ4v) is 8.64. The molecule has 0 bridgehead atoms. The molecule has 0 spiro atoms. The molecule has 0 aromatic heterocycles. The lowest BCUT2D eigenvalue weighted by Gasteiger charge is -2.31. The number of benzene rings is 8. The van der Waals surface area contributed by atoms with Crippen LogP contribution in [0.15, 0.2) is 194 Å². The minimum absolute atomic E-state index is 0.00868. The van der Waals surface area contributed by atoms with Crippen LogP contribution in [0.3, 0.4) is 0 Å². The fourth-order valence-electron chi connectivity index (χ4n) is 8.64. The maximum atomic E-state index is 2.41. The van der Waals surface area contributed by atoms with Gasteiger partial charge in [0, 0.05) is 34.1 Å². The second-order valence-corrected chi connectivity index (χ2v) is 22.6. The third kappa shape index (κ3) is 11.1. The van der Waals surface area contributed by atoms with Crippen LogP contribution < -0.4 is 9.80 Å². The van der Waals surface area contributed by atoms with Crippen molar-refractivity contribution in [2.45, 2.75) is 105 Å². The van der Waals surface area contributed by atoms with Crippen LogP contribution >= 0.6 is 0 Å². The number of hydrogen-bond donors (Lipinski definition) is 0. The molecule has 344 valence electrons. The van der Waals surface area contributed by atoms with Gasteiger partial charge in [-0.15, -0.1) is 0 Å².